The summed E-state index contributed by atoms with van der Waals surface area (Å²) >= 11 is 13.1. The fraction of sp³-hybridized carbons (Fsp3) is 0.318. The number of carboxylic acid groups (broad SMARTS) is 1. The molecule has 168 valence electrons. The average molecular weight is 478 g/mol. The SMILES string of the molecule is COc1cc(OC)c(Cl)c(-c2ccc3nc(N[C@@H]4C[C@H](C(=O)O)C[C@H]4O)ncc3c2)c1Cl. The largest absolute Gasteiger partial charge is 0.495 e. The maximum Gasteiger partial charge on any atom is 0.306 e. The molecule has 3 N–H and O–H groups in total. The molecule has 1 fully saturated rings. The van der Waals surface area contributed by atoms with Gasteiger partial charge in [0.05, 0.1) is 47.8 Å². The van der Waals surface area contributed by atoms with Crippen molar-refractivity contribution in [2.75, 3.05) is 19.5 Å². The zero-order chi connectivity index (χ0) is 23.0. The molecule has 0 spiro atoms. The van der Waals surface area contributed by atoms with Gasteiger partial charge in [-0.2, -0.15) is 0 Å². The molecular formula is C22H21Cl2N3O5. The summed E-state index contributed by atoms with van der Waals surface area (Å²) in [5.74, 6) is -0.298. The Bertz CT molecular complexity index is 1160. The number of nitrogens with zero attached hydrogens (tertiary/aromatic N) is 2. The van der Waals surface area contributed by atoms with E-state index in [1.54, 1.807) is 18.3 Å². The van der Waals surface area contributed by atoms with Gasteiger partial charge in [0.25, 0.3) is 0 Å². The Balaban J connectivity index is 1.65. The maximum absolute atomic E-state index is 11.2. The number of aromatic nitrogens is 2. The summed E-state index contributed by atoms with van der Waals surface area (Å²) in [4.78, 5) is 20.0. The van der Waals surface area contributed by atoms with E-state index in [0.29, 0.717) is 45.0 Å². The Labute approximate surface area is 194 Å². The van der Waals surface area contributed by atoms with E-state index < -0.39 is 24.0 Å². The predicted octanol–water partition coefficient (Wildman–Crippen LogP) is 4.26. The van der Waals surface area contributed by atoms with E-state index in [2.05, 4.69) is 15.3 Å². The molecule has 1 aliphatic carbocycles. The van der Waals surface area contributed by atoms with Crippen molar-refractivity contribution in [1.29, 1.82) is 0 Å². The highest BCUT2D eigenvalue weighted by molar-refractivity contribution is 6.41. The highest BCUT2D eigenvalue weighted by Crippen LogP contribution is 2.46. The number of ether oxygens (including phenoxy) is 2. The molecule has 0 aliphatic heterocycles. The molecule has 8 nitrogen and oxygen atoms in total. The lowest BCUT2D eigenvalue weighted by molar-refractivity contribution is -0.141. The van der Waals surface area contributed by atoms with Gasteiger partial charge in [-0.3, -0.25) is 4.79 Å². The molecule has 0 unspecified atom stereocenters. The van der Waals surface area contributed by atoms with Crippen LogP contribution in [-0.2, 0) is 4.79 Å². The summed E-state index contributed by atoms with van der Waals surface area (Å²) in [5, 5.41) is 23.9. The molecule has 1 heterocycles. The van der Waals surface area contributed by atoms with Crippen LogP contribution in [0.4, 0.5) is 5.95 Å². The van der Waals surface area contributed by atoms with E-state index in [1.165, 1.54) is 14.2 Å². The van der Waals surface area contributed by atoms with Gasteiger partial charge in [0, 0.05) is 23.2 Å². The molecule has 0 radical (unpaired) electrons. The van der Waals surface area contributed by atoms with Gasteiger partial charge in [-0.25, -0.2) is 9.97 Å². The summed E-state index contributed by atoms with van der Waals surface area (Å²) in [6, 6.07) is 6.70. The molecule has 1 aliphatic rings. The van der Waals surface area contributed by atoms with Gasteiger partial charge >= 0.3 is 5.97 Å². The van der Waals surface area contributed by atoms with Crippen LogP contribution in [0, 0.1) is 5.92 Å². The second kappa shape index (κ2) is 8.97. The molecule has 2 aromatic carbocycles. The van der Waals surface area contributed by atoms with Gasteiger partial charge in [0.1, 0.15) is 11.5 Å². The summed E-state index contributed by atoms with van der Waals surface area (Å²) in [6.07, 6.45) is 1.38. The zero-order valence-electron chi connectivity index (χ0n) is 17.3. The third-order valence-electron chi connectivity index (χ3n) is 5.63. The number of aliphatic hydroxyl groups is 1. The van der Waals surface area contributed by atoms with Crippen molar-refractivity contribution in [3.05, 3.63) is 40.5 Å². The molecule has 3 aromatic rings. The van der Waals surface area contributed by atoms with Crippen LogP contribution >= 0.6 is 23.2 Å². The zero-order valence-corrected chi connectivity index (χ0v) is 18.8. The van der Waals surface area contributed by atoms with Crippen LogP contribution in [-0.4, -0.2) is 52.5 Å². The number of hydrogen-bond donors (Lipinski definition) is 3. The maximum atomic E-state index is 11.2. The van der Waals surface area contributed by atoms with Crippen molar-refractivity contribution in [2.24, 2.45) is 5.92 Å². The van der Waals surface area contributed by atoms with E-state index >= 15 is 0 Å². The van der Waals surface area contributed by atoms with Crippen LogP contribution in [0.5, 0.6) is 11.5 Å². The minimum atomic E-state index is -0.910. The number of aliphatic carboxylic acids is 1. The molecule has 0 bridgehead atoms. The Kier molecular flexibility index (Phi) is 6.28. The number of hydrogen-bond acceptors (Lipinski definition) is 7. The smallest absolute Gasteiger partial charge is 0.306 e. The van der Waals surface area contributed by atoms with Crippen molar-refractivity contribution < 1.29 is 24.5 Å². The van der Waals surface area contributed by atoms with E-state index in [4.69, 9.17) is 32.7 Å². The lowest BCUT2D eigenvalue weighted by Gasteiger charge is -2.17. The molecule has 3 atom stereocenters. The predicted molar refractivity (Wildman–Crippen MR) is 122 cm³/mol. The Morgan fingerprint density at radius 2 is 1.81 bits per heavy atom. The second-order valence-electron chi connectivity index (χ2n) is 7.58. The van der Waals surface area contributed by atoms with Gasteiger partial charge in [-0.15, -0.1) is 0 Å². The number of fused-ring (bicyclic) bond motifs is 1. The molecule has 32 heavy (non-hydrogen) atoms. The monoisotopic (exact) mass is 477 g/mol. The third-order valence-corrected chi connectivity index (χ3v) is 6.39. The van der Waals surface area contributed by atoms with Crippen molar-refractivity contribution in [2.45, 2.75) is 25.0 Å². The van der Waals surface area contributed by atoms with Crippen LogP contribution in [0.2, 0.25) is 10.0 Å². The van der Waals surface area contributed by atoms with Gasteiger partial charge in [-0.1, -0.05) is 29.3 Å². The van der Waals surface area contributed by atoms with Crippen molar-refractivity contribution in [1.82, 2.24) is 9.97 Å². The van der Waals surface area contributed by atoms with Crippen LogP contribution in [0.25, 0.3) is 22.0 Å². The van der Waals surface area contributed by atoms with Gasteiger partial charge in [0.15, 0.2) is 0 Å². The van der Waals surface area contributed by atoms with Crippen molar-refractivity contribution in [3.8, 4) is 22.6 Å². The fourth-order valence-corrected chi connectivity index (χ4v) is 4.65. The minimum absolute atomic E-state index is 0.204. The summed E-state index contributed by atoms with van der Waals surface area (Å²) in [5.41, 5.74) is 1.97. The lowest BCUT2D eigenvalue weighted by Crippen LogP contribution is -2.28. The van der Waals surface area contributed by atoms with Crippen LogP contribution in [0.1, 0.15) is 12.8 Å². The van der Waals surface area contributed by atoms with Crippen LogP contribution < -0.4 is 14.8 Å². The molecule has 10 heteroatoms. The highest BCUT2D eigenvalue weighted by Gasteiger charge is 2.37. The Hall–Kier alpha value is -2.81. The quantitative estimate of drug-likeness (QED) is 0.482. The van der Waals surface area contributed by atoms with Crippen molar-refractivity contribution in [3.63, 3.8) is 0 Å². The number of rotatable bonds is 6. The summed E-state index contributed by atoms with van der Waals surface area (Å²) in [6.45, 7) is 0. The molecule has 1 aromatic heterocycles. The number of nitrogens with one attached hydrogen (secondary N) is 1. The van der Waals surface area contributed by atoms with E-state index in [-0.39, 0.29) is 6.42 Å². The topological polar surface area (TPSA) is 114 Å². The van der Waals surface area contributed by atoms with E-state index in [0.717, 1.165) is 10.9 Å². The standard InChI is InChI=1S/C22H21Cl2N3O5/c1-31-16-8-17(32-2)20(24)18(19(16)23)10-3-4-13-12(5-10)9-25-22(26-13)27-14-6-11(21(29)30)7-15(14)28/h3-5,8-9,11,14-15,28H,6-7H2,1-2H3,(H,29,30)(H,25,26,27)/t11-,14+,15+/m0/s1. The number of aliphatic hydroxyl groups excluding tert-OH is 1. The first kappa shape index (κ1) is 22.4. The van der Waals surface area contributed by atoms with Gasteiger partial charge in [-0.05, 0) is 30.5 Å². The molecular weight excluding hydrogens is 457 g/mol. The summed E-state index contributed by atoms with van der Waals surface area (Å²) in [7, 11) is 3.03. The normalized spacial score (nSPS) is 20.3. The van der Waals surface area contributed by atoms with Crippen LogP contribution in [0.3, 0.4) is 0 Å². The average Bonchev–Trinajstić information content (AvgIpc) is 3.14. The lowest BCUT2D eigenvalue weighted by atomic mass is 10.0. The number of carboxylic acids is 1. The molecule has 0 amide bonds. The van der Waals surface area contributed by atoms with Crippen molar-refractivity contribution >= 4 is 46.0 Å². The first-order chi connectivity index (χ1) is 15.3. The first-order valence-corrected chi connectivity index (χ1v) is 10.6. The Morgan fingerprint density at radius 1 is 1.12 bits per heavy atom. The molecule has 4 rings (SSSR count). The number of methoxy groups -OCH3 is 2. The number of anilines is 1. The number of halogens is 2. The third kappa shape index (κ3) is 4.13. The molecule has 1 saturated carbocycles. The minimum Gasteiger partial charge on any atom is -0.495 e. The van der Waals surface area contributed by atoms with E-state index in [9.17, 15) is 15.0 Å². The first-order valence-electron chi connectivity index (χ1n) is 9.87. The Morgan fingerprint density at radius 3 is 2.41 bits per heavy atom. The second-order valence-corrected chi connectivity index (χ2v) is 8.33. The fourth-order valence-electron chi connectivity index (χ4n) is 3.94. The van der Waals surface area contributed by atoms with E-state index in [1.807, 2.05) is 12.1 Å². The number of carbonyl (C=O) groups is 1. The molecule has 0 saturated heterocycles. The number of benzene rings is 2. The van der Waals surface area contributed by atoms with Crippen LogP contribution in [0.15, 0.2) is 30.5 Å². The highest BCUT2D eigenvalue weighted by atomic mass is 35.5. The van der Waals surface area contributed by atoms with Gasteiger partial charge < -0.3 is 25.0 Å². The van der Waals surface area contributed by atoms with Gasteiger partial charge in [0.2, 0.25) is 5.95 Å². The summed E-state index contributed by atoms with van der Waals surface area (Å²) < 4.78 is 10.7.